The highest BCUT2D eigenvalue weighted by Crippen LogP contribution is 2.17. The van der Waals surface area contributed by atoms with Crippen LogP contribution in [0.1, 0.15) is 37.5 Å². The van der Waals surface area contributed by atoms with Crippen molar-refractivity contribution in [1.82, 2.24) is 25.0 Å². The van der Waals surface area contributed by atoms with Gasteiger partial charge in [0.2, 0.25) is 5.91 Å². The highest BCUT2D eigenvalue weighted by atomic mass is 16.2. The Balaban J connectivity index is 1.63. The van der Waals surface area contributed by atoms with E-state index >= 15 is 0 Å². The van der Waals surface area contributed by atoms with Crippen molar-refractivity contribution < 1.29 is 4.79 Å². The van der Waals surface area contributed by atoms with Crippen LogP contribution < -0.4 is 5.32 Å². The second-order valence-corrected chi connectivity index (χ2v) is 7.12. The smallest absolute Gasteiger partial charge is 0.234 e. The van der Waals surface area contributed by atoms with Crippen LogP contribution in [-0.2, 0) is 24.2 Å². The summed E-state index contributed by atoms with van der Waals surface area (Å²) in [6.45, 7) is 5.36. The molecule has 1 aromatic carbocycles. The predicted molar refractivity (Wildman–Crippen MR) is 97.3 cm³/mol. The van der Waals surface area contributed by atoms with Crippen molar-refractivity contribution >= 4 is 5.91 Å². The molecule has 1 atom stereocenters. The van der Waals surface area contributed by atoms with Gasteiger partial charge in [-0.15, -0.1) is 10.2 Å². The summed E-state index contributed by atoms with van der Waals surface area (Å²) in [5, 5.41) is 11.9. The third-order valence-corrected chi connectivity index (χ3v) is 4.87. The molecule has 0 saturated carbocycles. The van der Waals surface area contributed by atoms with Gasteiger partial charge in [-0.25, -0.2) is 0 Å². The molecule has 2 heterocycles. The number of hydrogen-bond donors (Lipinski definition) is 1. The van der Waals surface area contributed by atoms with Crippen LogP contribution in [0.3, 0.4) is 0 Å². The Morgan fingerprint density at radius 2 is 2.08 bits per heavy atom. The molecule has 0 aliphatic carbocycles. The number of carbonyl (C=O) groups excluding carboxylic acids is 1. The number of fused-ring (bicyclic) bond motifs is 1. The first-order chi connectivity index (χ1) is 12.0. The van der Waals surface area contributed by atoms with Gasteiger partial charge in [0.1, 0.15) is 11.6 Å². The molecule has 0 saturated heterocycles. The molecule has 2 aromatic rings. The minimum absolute atomic E-state index is 0.0855. The molecule has 1 N–H and O–H groups in total. The standard InChI is InChI=1S/C19H27N5O/c1-14(2)23(3)13-19(25)20-16-9-10-17-21-22-18(24(17)12-16)11-15-7-5-4-6-8-15/h4-8,14,16H,9-13H2,1-3H3,(H,20,25)/t16-/m1/s1. The maximum absolute atomic E-state index is 12.3. The SMILES string of the molecule is CC(C)N(C)CC(=O)N[C@@H]1CCc2nnc(Cc3ccccc3)n2C1. The van der Waals surface area contributed by atoms with Gasteiger partial charge >= 0.3 is 0 Å². The lowest BCUT2D eigenvalue weighted by molar-refractivity contribution is -0.123. The number of likely N-dealkylation sites (N-methyl/N-ethyl adjacent to an activating group) is 1. The minimum Gasteiger partial charge on any atom is -0.350 e. The zero-order valence-corrected chi connectivity index (χ0v) is 15.3. The van der Waals surface area contributed by atoms with E-state index < -0.39 is 0 Å². The Kier molecular flexibility index (Phi) is 5.48. The summed E-state index contributed by atoms with van der Waals surface area (Å²) in [6, 6.07) is 10.8. The van der Waals surface area contributed by atoms with Crippen LogP contribution in [0, 0.1) is 0 Å². The Morgan fingerprint density at radius 3 is 2.80 bits per heavy atom. The number of hydrogen-bond acceptors (Lipinski definition) is 4. The average molecular weight is 341 g/mol. The number of nitrogens with one attached hydrogen (secondary N) is 1. The van der Waals surface area contributed by atoms with E-state index in [4.69, 9.17) is 0 Å². The quantitative estimate of drug-likeness (QED) is 0.868. The number of amides is 1. The zero-order valence-electron chi connectivity index (χ0n) is 15.3. The van der Waals surface area contributed by atoms with E-state index in [-0.39, 0.29) is 11.9 Å². The van der Waals surface area contributed by atoms with Crippen LogP contribution in [0.25, 0.3) is 0 Å². The first-order valence-electron chi connectivity index (χ1n) is 8.97. The zero-order chi connectivity index (χ0) is 17.8. The lowest BCUT2D eigenvalue weighted by Gasteiger charge is -2.27. The van der Waals surface area contributed by atoms with Gasteiger partial charge in [-0.3, -0.25) is 9.69 Å². The highest BCUT2D eigenvalue weighted by Gasteiger charge is 2.24. The summed E-state index contributed by atoms with van der Waals surface area (Å²) in [6.07, 6.45) is 2.54. The molecule has 6 nitrogen and oxygen atoms in total. The lowest BCUT2D eigenvalue weighted by atomic mass is 10.1. The monoisotopic (exact) mass is 341 g/mol. The first kappa shape index (κ1) is 17.6. The van der Waals surface area contributed by atoms with E-state index in [1.807, 2.05) is 30.1 Å². The molecular formula is C19H27N5O. The molecule has 1 aliphatic rings. The van der Waals surface area contributed by atoms with Crippen molar-refractivity contribution in [1.29, 1.82) is 0 Å². The van der Waals surface area contributed by atoms with Gasteiger partial charge in [0, 0.05) is 31.5 Å². The number of aromatic nitrogens is 3. The van der Waals surface area contributed by atoms with Crippen LogP contribution in [0.5, 0.6) is 0 Å². The number of nitrogens with zero attached hydrogens (tertiary/aromatic N) is 4. The topological polar surface area (TPSA) is 63.1 Å². The molecule has 1 aliphatic heterocycles. The Hall–Kier alpha value is -2.21. The number of benzene rings is 1. The van der Waals surface area contributed by atoms with Crippen LogP contribution >= 0.6 is 0 Å². The Morgan fingerprint density at radius 1 is 1.32 bits per heavy atom. The van der Waals surface area contributed by atoms with Crippen molar-refractivity contribution in [3.63, 3.8) is 0 Å². The van der Waals surface area contributed by atoms with Crippen molar-refractivity contribution in [3.05, 3.63) is 47.5 Å². The van der Waals surface area contributed by atoms with Crippen molar-refractivity contribution in [2.75, 3.05) is 13.6 Å². The van der Waals surface area contributed by atoms with Gasteiger partial charge in [0.25, 0.3) is 0 Å². The molecule has 6 heteroatoms. The fourth-order valence-electron chi connectivity index (χ4n) is 3.09. The molecular weight excluding hydrogens is 314 g/mol. The van der Waals surface area contributed by atoms with Gasteiger partial charge in [0.05, 0.1) is 6.54 Å². The largest absolute Gasteiger partial charge is 0.350 e. The number of rotatable bonds is 6. The van der Waals surface area contributed by atoms with Crippen molar-refractivity contribution in [2.45, 2.75) is 51.7 Å². The Labute approximate surface area is 149 Å². The van der Waals surface area contributed by atoms with Crippen LogP contribution in [0.4, 0.5) is 0 Å². The molecule has 0 spiro atoms. The molecule has 1 aromatic heterocycles. The predicted octanol–water partition coefficient (Wildman–Crippen LogP) is 1.64. The molecule has 0 fully saturated rings. The van der Waals surface area contributed by atoms with Gasteiger partial charge in [-0.1, -0.05) is 30.3 Å². The van der Waals surface area contributed by atoms with Crippen LogP contribution in [0.2, 0.25) is 0 Å². The summed E-state index contributed by atoms with van der Waals surface area (Å²) >= 11 is 0. The number of carbonyl (C=O) groups is 1. The van der Waals surface area contributed by atoms with Crippen LogP contribution in [-0.4, -0.2) is 51.2 Å². The van der Waals surface area contributed by atoms with E-state index in [1.165, 1.54) is 5.56 Å². The van der Waals surface area contributed by atoms with Gasteiger partial charge < -0.3 is 9.88 Å². The third kappa shape index (κ3) is 4.45. The maximum atomic E-state index is 12.3. The first-order valence-corrected chi connectivity index (χ1v) is 8.97. The lowest BCUT2D eigenvalue weighted by Crippen LogP contribution is -2.46. The normalized spacial score (nSPS) is 16.9. The Bertz CT molecular complexity index is 710. The van der Waals surface area contributed by atoms with Crippen LogP contribution in [0.15, 0.2) is 30.3 Å². The molecule has 1 amide bonds. The minimum atomic E-state index is 0.0855. The van der Waals surface area contributed by atoms with E-state index in [9.17, 15) is 4.79 Å². The summed E-state index contributed by atoms with van der Waals surface area (Å²) in [4.78, 5) is 14.3. The van der Waals surface area contributed by atoms with Crippen molar-refractivity contribution in [3.8, 4) is 0 Å². The van der Waals surface area contributed by atoms with Gasteiger partial charge in [-0.2, -0.15) is 0 Å². The number of aryl methyl sites for hydroxylation is 1. The van der Waals surface area contributed by atoms with E-state index in [0.29, 0.717) is 12.6 Å². The second-order valence-electron chi connectivity index (χ2n) is 7.12. The fraction of sp³-hybridized carbons (Fsp3) is 0.526. The maximum Gasteiger partial charge on any atom is 0.234 e. The molecule has 0 bridgehead atoms. The van der Waals surface area contributed by atoms with Crippen molar-refractivity contribution in [2.24, 2.45) is 0 Å². The van der Waals surface area contributed by atoms with E-state index in [0.717, 1.165) is 37.5 Å². The van der Waals surface area contributed by atoms with E-state index in [1.54, 1.807) is 0 Å². The summed E-state index contributed by atoms with van der Waals surface area (Å²) < 4.78 is 2.17. The molecule has 0 unspecified atom stereocenters. The fourth-order valence-corrected chi connectivity index (χ4v) is 3.09. The molecule has 0 radical (unpaired) electrons. The highest BCUT2D eigenvalue weighted by molar-refractivity contribution is 5.78. The van der Waals surface area contributed by atoms with Gasteiger partial charge in [-0.05, 0) is 32.9 Å². The molecule has 25 heavy (non-hydrogen) atoms. The molecule has 3 rings (SSSR count). The molecule has 134 valence electrons. The summed E-state index contributed by atoms with van der Waals surface area (Å²) in [5.74, 6) is 2.08. The van der Waals surface area contributed by atoms with E-state index in [2.05, 4.69) is 46.1 Å². The van der Waals surface area contributed by atoms with Gasteiger partial charge in [0.15, 0.2) is 0 Å². The second kappa shape index (κ2) is 7.78. The third-order valence-electron chi connectivity index (χ3n) is 4.87. The summed E-state index contributed by atoms with van der Waals surface area (Å²) in [7, 11) is 1.97. The summed E-state index contributed by atoms with van der Waals surface area (Å²) in [5.41, 5.74) is 1.22. The average Bonchev–Trinajstić information content (AvgIpc) is 2.98.